The maximum absolute atomic E-state index is 12.9. The SMILES string of the molecule is CN1CC(C(=O)NCc2ccc(Nc3ccc(N4CCC(C(F)(F)F)CC4)nc3)nc2)CCC1=O. The van der Waals surface area contributed by atoms with Crippen molar-refractivity contribution < 1.29 is 22.8 Å². The second-order valence-corrected chi connectivity index (χ2v) is 9.11. The van der Waals surface area contributed by atoms with Crippen LogP contribution in [0.25, 0.3) is 0 Å². The second-order valence-electron chi connectivity index (χ2n) is 9.11. The van der Waals surface area contributed by atoms with Gasteiger partial charge in [0.1, 0.15) is 11.6 Å². The zero-order valence-electron chi connectivity index (χ0n) is 19.5. The molecule has 2 aromatic heterocycles. The summed E-state index contributed by atoms with van der Waals surface area (Å²) in [4.78, 5) is 36.2. The summed E-state index contributed by atoms with van der Waals surface area (Å²) < 4.78 is 38.6. The molecule has 0 spiro atoms. The first-order valence-electron chi connectivity index (χ1n) is 11.7. The molecule has 0 saturated carbocycles. The van der Waals surface area contributed by atoms with E-state index in [1.54, 1.807) is 36.5 Å². The number of hydrogen-bond acceptors (Lipinski definition) is 6. The van der Waals surface area contributed by atoms with E-state index in [2.05, 4.69) is 20.6 Å². The minimum absolute atomic E-state index is 0.0664. The van der Waals surface area contributed by atoms with Crippen LogP contribution < -0.4 is 15.5 Å². The molecule has 2 aliphatic heterocycles. The summed E-state index contributed by atoms with van der Waals surface area (Å²) in [5, 5.41) is 6.06. The molecule has 1 atom stereocenters. The van der Waals surface area contributed by atoms with Crippen molar-refractivity contribution in [1.82, 2.24) is 20.2 Å². The minimum Gasteiger partial charge on any atom is -0.357 e. The average Bonchev–Trinajstić information content (AvgIpc) is 2.85. The van der Waals surface area contributed by atoms with Crippen LogP contribution in [0.4, 0.5) is 30.5 Å². The van der Waals surface area contributed by atoms with Gasteiger partial charge in [-0.15, -0.1) is 0 Å². The van der Waals surface area contributed by atoms with Crippen LogP contribution in [0.15, 0.2) is 36.7 Å². The number of pyridine rings is 2. The van der Waals surface area contributed by atoms with Gasteiger partial charge >= 0.3 is 6.18 Å². The minimum atomic E-state index is -4.13. The van der Waals surface area contributed by atoms with E-state index in [4.69, 9.17) is 0 Å². The molecule has 4 rings (SSSR count). The van der Waals surface area contributed by atoms with E-state index < -0.39 is 12.1 Å². The third-order valence-corrected chi connectivity index (χ3v) is 6.59. The molecule has 2 aromatic rings. The molecule has 2 amide bonds. The van der Waals surface area contributed by atoms with Crippen molar-refractivity contribution in [2.75, 3.05) is 36.9 Å². The van der Waals surface area contributed by atoms with E-state index >= 15 is 0 Å². The molecule has 0 aliphatic carbocycles. The number of halogens is 3. The summed E-state index contributed by atoms with van der Waals surface area (Å²) in [6.45, 7) is 1.45. The Labute approximate surface area is 201 Å². The number of nitrogens with zero attached hydrogens (tertiary/aromatic N) is 4. The molecular formula is C24H29F3N6O2. The molecule has 2 saturated heterocycles. The van der Waals surface area contributed by atoms with Crippen molar-refractivity contribution in [3.63, 3.8) is 0 Å². The Morgan fingerprint density at radius 1 is 1.09 bits per heavy atom. The number of amides is 2. The molecule has 188 valence electrons. The van der Waals surface area contributed by atoms with E-state index in [0.29, 0.717) is 56.3 Å². The lowest BCUT2D eigenvalue weighted by Gasteiger charge is -2.33. The largest absolute Gasteiger partial charge is 0.391 e. The zero-order valence-corrected chi connectivity index (χ0v) is 19.5. The van der Waals surface area contributed by atoms with Crippen molar-refractivity contribution in [2.24, 2.45) is 11.8 Å². The third kappa shape index (κ3) is 6.40. The molecule has 2 aliphatic rings. The molecule has 0 radical (unpaired) electrons. The Balaban J connectivity index is 1.24. The summed E-state index contributed by atoms with van der Waals surface area (Å²) in [6, 6.07) is 7.26. The average molecular weight is 491 g/mol. The van der Waals surface area contributed by atoms with E-state index in [9.17, 15) is 22.8 Å². The van der Waals surface area contributed by atoms with Crippen molar-refractivity contribution in [1.29, 1.82) is 0 Å². The Kier molecular flexibility index (Phi) is 7.42. The van der Waals surface area contributed by atoms with Crippen LogP contribution >= 0.6 is 0 Å². The molecule has 2 fully saturated rings. The van der Waals surface area contributed by atoms with Crippen molar-refractivity contribution >= 4 is 29.1 Å². The Hall–Kier alpha value is -3.37. The number of carbonyl (C=O) groups excluding carboxylic acids is 2. The molecule has 11 heteroatoms. The Morgan fingerprint density at radius 2 is 1.86 bits per heavy atom. The van der Waals surface area contributed by atoms with Crippen LogP contribution in [-0.4, -0.2) is 59.5 Å². The van der Waals surface area contributed by atoms with E-state index in [1.165, 1.54) is 0 Å². The topological polar surface area (TPSA) is 90.5 Å². The number of nitrogens with one attached hydrogen (secondary N) is 2. The van der Waals surface area contributed by atoms with Gasteiger partial charge in [-0.2, -0.15) is 13.2 Å². The van der Waals surface area contributed by atoms with Crippen molar-refractivity contribution in [3.8, 4) is 0 Å². The highest BCUT2D eigenvalue weighted by Crippen LogP contribution is 2.35. The van der Waals surface area contributed by atoms with Gasteiger partial charge in [0.05, 0.1) is 23.7 Å². The van der Waals surface area contributed by atoms with Gasteiger partial charge < -0.3 is 20.4 Å². The predicted octanol–water partition coefficient (Wildman–Crippen LogP) is 3.48. The number of likely N-dealkylation sites (tertiary alicyclic amines) is 1. The number of rotatable bonds is 6. The Bertz CT molecular complexity index is 1020. The Morgan fingerprint density at radius 3 is 2.46 bits per heavy atom. The van der Waals surface area contributed by atoms with Gasteiger partial charge in [-0.3, -0.25) is 9.59 Å². The fourth-order valence-electron chi connectivity index (χ4n) is 4.39. The lowest BCUT2D eigenvalue weighted by molar-refractivity contribution is -0.179. The van der Waals surface area contributed by atoms with Crippen LogP contribution in [0.3, 0.4) is 0 Å². The molecule has 4 heterocycles. The predicted molar refractivity (Wildman–Crippen MR) is 125 cm³/mol. The first-order valence-corrected chi connectivity index (χ1v) is 11.7. The van der Waals surface area contributed by atoms with Crippen LogP contribution in [0.1, 0.15) is 31.2 Å². The van der Waals surface area contributed by atoms with Gasteiger partial charge in [-0.05, 0) is 43.0 Å². The van der Waals surface area contributed by atoms with Crippen LogP contribution in [0.5, 0.6) is 0 Å². The van der Waals surface area contributed by atoms with E-state index in [1.807, 2.05) is 17.0 Å². The second kappa shape index (κ2) is 10.5. The number of hydrogen-bond donors (Lipinski definition) is 2. The molecule has 0 bridgehead atoms. The molecule has 35 heavy (non-hydrogen) atoms. The lowest BCUT2D eigenvalue weighted by Crippen LogP contribution is -2.43. The first kappa shape index (κ1) is 24.7. The monoisotopic (exact) mass is 490 g/mol. The van der Waals surface area contributed by atoms with E-state index in [-0.39, 0.29) is 30.6 Å². The highest BCUT2D eigenvalue weighted by atomic mass is 19.4. The van der Waals surface area contributed by atoms with Gasteiger partial charge in [-0.25, -0.2) is 9.97 Å². The van der Waals surface area contributed by atoms with Gasteiger partial charge in [-0.1, -0.05) is 6.07 Å². The van der Waals surface area contributed by atoms with Gasteiger partial charge in [0.2, 0.25) is 11.8 Å². The van der Waals surface area contributed by atoms with Crippen LogP contribution in [0, 0.1) is 11.8 Å². The maximum Gasteiger partial charge on any atom is 0.391 e. The van der Waals surface area contributed by atoms with Crippen molar-refractivity contribution in [2.45, 2.75) is 38.4 Å². The molecule has 0 aromatic carbocycles. The summed E-state index contributed by atoms with van der Waals surface area (Å²) >= 11 is 0. The molecule has 2 N–H and O–H groups in total. The maximum atomic E-state index is 12.9. The summed E-state index contributed by atoms with van der Waals surface area (Å²) in [5.41, 5.74) is 1.56. The summed E-state index contributed by atoms with van der Waals surface area (Å²) in [6.07, 6.45) is 0.296. The first-order chi connectivity index (χ1) is 16.7. The summed E-state index contributed by atoms with van der Waals surface area (Å²) in [7, 11) is 1.71. The van der Waals surface area contributed by atoms with Crippen molar-refractivity contribution in [3.05, 3.63) is 42.2 Å². The number of alkyl halides is 3. The highest BCUT2D eigenvalue weighted by Gasteiger charge is 2.41. The normalized spacial score (nSPS) is 19.5. The van der Waals surface area contributed by atoms with Crippen LogP contribution in [-0.2, 0) is 16.1 Å². The standard InChI is InChI=1S/C24H29F3N6O2/c1-32-15-17(3-7-22(32)34)23(35)30-13-16-2-5-20(28-12-16)31-19-4-6-21(29-14-19)33-10-8-18(9-11-33)24(25,26)27/h2,4-6,12,14,17-18H,3,7-11,13,15H2,1H3,(H,28,31)(H,30,35). The lowest BCUT2D eigenvalue weighted by atomic mass is 9.96. The molecular weight excluding hydrogens is 461 g/mol. The van der Waals surface area contributed by atoms with E-state index in [0.717, 1.165) is 5.56 Å². The zero-order chi connectivity index (χ0) is 25.0. The number of carbonyl (C=O) groups is 2. The van der Waals surface area contributed by atoms with Gasteiger partial charge in [0.25, 0.3) is 0 Å². The number of anilines is 3. The number of piperidine rings is 2. The fourth-order valence-corrected chi connectivity index (χ4v) is 4.39. The van der Waals surface area contributed by atoms with Gasteiger partial charge in [0.15, 0.2) is 0 Å². The third-order valence-electron chi connectivity index (χ3n) is 6.59. The summed E-state index contributed by atoms with van der Waals surface area (Å²) in [5.74, 6) is -0.173. The van der Waals surface area contributed by atoms with Gasteiger partial charge in [0, 0.05) is 45.8 Å². The fraction of sp³-hybridized carbons (Fsp3) is 0.500. The van der Waals surface area contributed by atoms with Crippen LogP contribution in [0.2, 0.25) is 0 Å². The molecule has 8 nitrogen and oxygen atoms in total. The smallest absolute Gasteiger partial charge is 0.357 e. The quantitative estimate of drug-likeness (QED) is 0.645. The molecule has 1 unspecified atom stereocenters. The number of aromatic nitrogens is 2. The highest BCUT2D eigenvalue weighted by molar-refractivity contribution is 5.83.